The minimum absolute atomic E-state index is 0.177. The van der Waals surface area contributed by atoms with Crippen LogP contribution < -0.4 is 10.1 Å². The van der Waals surface area contributed by atoms with Crippen LogP contribution in [0.3, 0.4) is 0 Å². The first kappa shape index (κ1) is 11.2. The molecule has 0 amide bonds. The number of methoxy groups -OCH3 is 2. The fraction of sp³-hybridized carbons (Fsp3) is 0.500. The van der Waals surface area contributed by atoms with Crippen molar-refractivity contribution >= 4 is 0 Å². The quantitative estimate of drug-likeness (QED) is 0.797. The lowest BCUT2D eigenvalue weighted by Gasteiger charge is -2.41. The zero-order chi connectivity index (χ0) is 11.6. The second-order valence-corrected chi connectivity index (χ2v) is 4.16. The second-order valence-electron chi connectivity index (χ2n) is 4.16. The fourth-order valence-electron chi connectivity index (χ4n) is 1.92. The van der Waals surface area contributed by atoms with Crippen LogP contribution in [0, 0.1) is 0 Å². The van der Waals surface area contributed by atoms with E-state index in [-0.39, 0.29) is 5.60 Å². The highest BCUT2D eigenvalue weighted by Gasteiger charge is 2.37. The molecule has 4 nitrogen and oxygen atoms in total. The van der Waals surface area contributed by atoms with E-state index in [4.69, 9.17) is 9.47 Å². The van der Waals surface area contributed by atoms with Gasteiger partial charge in [-0.25, -0.2) is 0 Å². The molecular weight excluding hydrogens is 206 g/mol. The molecule has 0 atom stereocenters. The summed E-state index contributed by atoms with van der Waals surface area (Å²) in [4.78, 5) is 0. The van der Waals surface area contributed by atoms with Gasteiger partial charge in [-0.05, 0) is 18.2 Å². The van der Waals surface area contributed by atoms with Gasteiger partial charge in [0, 0.05) is 32.2 Å². The molecular formula is C12H17NO3. The van der Waals surface area contributed by atoms with E-state index in [2.05, 4.69) is 5.32 Å². The average Bonchev–Trinajstić information content (AvgIpc) is 2.26. The Morgan fingerprint density at radius 1 is 1.38 bits per heavy atom. The normalized spacial score (nSPS) is 17.9. The third-order valence-corrected chi connectivity index (χ3v) is 3.13. The summed E-state index contributed by atoms with van der Waals surface area (Å²) in [6, 6.07) is 5.26. The number of nitrogens with one attached hydrogen (secondary N) is 1. The molecule has 1 aromatic rings. The van der Waals surface area contributed by atoms with Crippen LogP contribution in [-0.4, -0.2) is 38.0 Å². The van der Waals surface area contributed by atoms with Gasteiger partial charge in [0.1, 0.15) is 11.5 Å². The second kappa shape index (κ2) is 4.31. The van der Waals surface area contributed by atoms with Gasteiger partial charge in [0.15, 0.2) is 0 Å². The van der Waals surface area contributed by atoms with E-state index in [9.17, 15) is 5.11 Å². The Kier molecular flexibility index (Phi) is 3.03. The molecule has 1 aliphatic heterocycles. The van der Waals surface area contributed by atoms with Crippen molar-refractivity contribution in [2.75, 3.05) is 27.3 Å². The molecule has 0 aliphatic carbocycles. The summed E-state index contributed by atoms with van der Waals surface area (Å²) in [5.41, 5.74) is 0.687. The number of rotatable bonds is 4. The largest absolute Gasteiger partial charge is 0.508 e. The zero-order valence-corrected chi connectivity index (χ0v) is 9.62. The van der Waals surface area contributed by atoms with Crippen molar-refractivity contribution in [1.29, 1.82) is 0 Å². The van der Waals surface area contributed by atoms with E-state index >= 15 is 0 Å². The fourth-order valence-corrected chi connectivity index (χ4v) is 1.92. The van der Waals surface area contributed by atoms with E-state index in [1.54, 1.807) is 26.4 Å². The van der Waals surface area contributed by atoms with Gasteiger partial charge in [0.05, 0.1) is 12.7 Å². The monoisotopic (exact) mass is 223 g/mol. The predicted octanol–water partition coefficient (Wildman–Crippen LogP) is 0.932. The summed E-state index contributed by atoms with van der Waals surface area (Å²) in [5.74, 6) is 1.05. The first-order chi connectivity index (χ1) is 7.69. The van der Waals surface area contributed by atoms with Gasteiger partial charge < -0.3 is 19.9 Å². The van der Waals surface area contributed by atoms with Crippen molar-refractivity contribution in [3.05, 3.63) is 23.8 Å². The third kappa shape index (κ3) is 1.99. The van der Waals surface area contributed by atoms with Crippen molar-refractivity contribution < 1.29 is 14.6 Å². The Morgan fingerprint density at radius 2 is 2.12 bits per heavy atom. The number of benzene rings is 1. The van der Waals surface area contributed by atoms with Crippen LogP contribution in [0.1, 0.15) is 5.56 Å². The summed E-state index contributed by atoms with van der Waals surface area (Å²) in [7, 11) is 3.32. The van der Waals surface area contributed by atoms with E-state index in [0.29, 0.717) is 12.2 Å². The molecule has 0 aromatic heterocycles. The summed E-state index contributed by atoms with van der Waals surface area (Å²) < 4.78 is 10.6. The molecule has 1 heterocycles. The topological polar surface area (TPSA) is 50.7 Å². The molecule has 0 radical (unpaired) electrons. The molecule has 0 bridgehead atoms. The number of hydrogen-bond acceptors (Lipinski definition) is 4. The van der Waals surface area contributed by atoms with Gasteiger partial charge in [-0.1, -0.05) is 0 Å². The molecule has 88 valence electrons. The molecule has 1 aromatic carbocycles. The van der Waals surface area contributed by atoms with Crippen LogP contribution in [0.2, 0.25) is 0 Å². The number of aromatic hydroxyl groups is 1. The molecule has 4 heteroatoms. The zero-order valence-electron chi connectivity index (χ0n) is 9.62. The molecule has 1 aliphatic rings. The molecule has 1 saturated heterocycles. The Labute approximate surface area is 95.2 Å². The predicted molar refractivity (Wildman–Crippen MR) is 61.0 cm³/mol. The third-order valence-electron chi connectivity index (χ3n) is 3.13. The Bertz CT molecular complexity index is 369. The smallest absolute Gasteiger partial charge is 0.119 e. The van der Waals surface area contributed by atoms with Crippen molar-refractivity contribution in [2.24, 2.45) is 0 Å². The summed E-state index contributed by atoms with van der Waals surface area (Å²) >= 11 is 0. The average molecular weight is 223 g/mol. The lowest BCUT2D eigenvalue weighted by molar-refractivity contribution is -0.0505. The number of ether oxygens (including phenoxy) is 2. The van der Waals surface area contributed by atoms with Gasteiger partial charge in [-0.15, -0.1) is 0 Å². The highest BCUT2D eigenvalue weighted by molar-refractivity contribution is 5.40. The van der Waals surface area contributed by atoms with Crippen LogP contribution in [0.5, 0.6) is 11.5 Å². The Morgan fingerprint density at radius 3 is 2.62 bits per heavy atom. The van der Waals surface area contributed by atoms with Crippen LogP contribution in [0.25, 0.3) is 0 Å². The summed E-state index contributed by atoms with van der Waals surface area (Å²) in [6.07, 6.45) is 0.694. The molecule has 2 rings (SSSR count). The van der Waals surface area contributed by atoms with E-state index in [1.807, 2.05) is 6.07 Å². The van der Waals surface area contributed by atoms with Gasteiger partial charge in [-0.2, -0.15) is 0 Å². The molecule has 2 N–H and O–H groups in total. The van der Waals surface area contributed by atoms with Gasteiger partial charge in [-0.3, -0.25) is 0 Å². The van der Waals surface area contributed by atoms with Crippen molar-refractivity contribution in [2.45, 2.75) is 12.0 Å². The maximum atomic E-state index is 9.78. The number of phenolic OH excluding ortho intramolecular Hbond substituents is 1. The van der Waals surface area contributed by atoms with Crippen molar-refractivity contribution in [3.8, 4) is 11.5 Å². The highest BCUT2D eigenvalue weighted by Crippen LogP contribution is 2.29. The maximum Gasteiger partial charge on any atom is 0.119 e. The number of phenols is 1. The SMILES string of the molecule is COc1ccc(O)c(CC2(OC)CNC2)c1. The van der Waals surface area contributed by atoms with Crippen LogP contribution in [-0.2, 0) is 11.2 Å². The number of hydrogen-bond donors (Lipinski definition) is 2. The minimum atomic E-state index is -0.177. The standard InChI is InChI=1S/C12H17NO3/c1-15-10-3-4-11(14)9(5-10)6-12(16-2)7-13-8-12/h3-5,13-14H,6-8H2,1-2H3. The molecule has 16 heavy (non-hydrogen) atoms. The molecule has 1 fully saturated rings. The van der Waals surface area contributed by atoms with Crippen LogP contribution in [0.15, 0.2) is 18.2 Å². The Balaban J connectivity index is 2.19. The summed E-state index contributed by atoms with van der Waals surface area (Å²) in [6.45, 7) is 1.64. The molecule has 0 unspecified atom stereocenters. The van der Waals surface area contributed by atoms with Crippen LogP contribution in [0.4, 0.5) is 0 Å². The van der Waals surface area contributed by atoms with E-state index in [0.717, 1.165) is 24.4 Å². The molecule has 0 saturated carbocycles. The summed E-state index contributed by atoms with van der Waals surface area (Å²) in [5, 5.41) is 13.0. The highest BCUT2D eigenvalue weighted by atomic mass is 16.5. The van der Waals surface area contributed by atoms with Crippen LogP contribution >= 0.6 is 0 Å². The van der Waals surface area contributed by atoms with E-state index < -0.39 is 0 Å². The van der Waals surface area contributed by atoms with Gasteiger partial charge in [0.25, 0.3) is 0 Å². The molecule has 0 spiro atoms. The maximum absolute atomic E-state index is 9.78. The first-order valence-electron chi connectivity index (χ1n) is 5.31. The van der Waals surface area contributed by atoms with Crippen molar-refractivity contribution in [3.63, 3.8) is 0 Å². The Hall–Kier alpha value is -1.26. The minimum Gasteiger partial charge on any atom is -0.508 e. The van der Waals surface area contributed by atoms with Gasteiger partial charge >= 0.3 is 0 Å². The first-order valence-corrected chi connectivity index (χ1v) is 5.31. The van der Waals surface area contributed by atoms with Crippen molar-refractivity contribution in [1.82, 2.24) is 5.32 Å². The van der Waals surface area contributed by atoms with E-state index in [1.165, 1.54) is 0 Å². The van der Waals surface area contributed by atoms with Gasteiger partial charge in [0.2, 0.25) is 0 Å². The lowest BCUT2D eigenvalue weighted by atomic mass is 9.88. The lowest BCUT2D eigenvalue weighted by Crippen LogP contribution is -2.61.